The van der Waals surface area contributed by atoms with Crippen molar-refractivity contribution in [3.63, 3.8) is 0 Å². The Labute approximate surface area is 193 Å². The molecule has 4 rings (SSSR count). The van der Waals surface area contributed by atoms with E-state index in [-0.39, 0.29) is 11.7 Å². The number of amides is 1. The van der Waals surface area contributed by atoms with E-state index >= 15 is 0 Å². The van der Waals surface area contributed by atoms with Crippen LogP contribution < -0.4 is 11.1 Å². The number of anilines is 1. The maximum Gasteiger partial charge on any atom is 0.257 e. The first-order chi connectivity index (χ1) is 16.1. The summed E-state index contributed by atoms with van der Waals surface area (Å²) in [6.07, 6.45) is 7.35. The van der Waals surface area contributed by atoms with Gasteiger partial charge in [-0.2, -0.15) is 9.78 Å². The number of nitrogens with zero attached hydrogens (tertiary/aromatic N) is 4. The number of carbonyl (C=O) groups is 1. The number of nitrogens with one attached hydrogen (secondary N) is 1. The van der Waals surface area contributed by atoms with Crippen LogP contribution in [0.15, 0.2) is 53.6 Å². The molecule has 2 aromatic carbocycles. The molecular weight excluding hydrogens is 412 g/mol. The number of aromatic nitrogens is 3. The molecule has 170 valence electrons. The van der Waals surface area contributed by atoms with Crippen molar-refractivity contribution in [2.45, 2.75) is 46.0 Å². The van der Waals surface area contributed by atoms with Crippen molar-refractivity contribution < 1.29 is 4.79 Å². The van der Waals surface area contributed by atoms with Gasteiger partial charge in [-0.25, -0.2) is 9.97 Å². The van der Waals surface area contributed by atoms with E-state index in [0.29, 0.717) is 28.8 Å². The van der Waals surface area contributed by atoms with E-state index in [2.05, 4.69) is 17.3 Å². The standard InChI is InChI=1S/C26H30N6O/c1-3-4-5-6-11-16-28-26(33)22-23-25(31-21-15-10-9-14-20(21)30-23)32(24(22)27)29-17-19-13-8-7-12-18(19)2/h7-10,12-15,17H,3-6,11,16,27H2,1-2H3,(H,28,33)/b29-17+. The Balaban J connectivity index is 1.71. The van der Waals surface area contributed by atoms with Crippen LogP contribution in [-0.4, -0.2) is 33.3 Å². The van der Waals surface area contributed by atoms with Gasteiger partial charge >= 0.3 is 0 Å². The lowest BCUT2D eigenvalue weighted by molar-refractivity contribution is 0.0955. The summed E-state index contributed by atoms with van der Waals surface area (Å²) in [5.41, 5.74) is 11.2. The van der Waals surface area contributed by atoms with Crippen LogP contribution in [-0.2, 0) is 0 Å². The largest absolute Gasteiger partial charge is 0.383 e. The number of carbonyl (C=O) groups excluding carboxylic acids is 1. The SMILES string of the molecule is CCCCCCCNC(=O)c1c(N)n(/N=C/c2ccccc2C)c2nc3ccccc3nc12. The third-order valence-corrected chi connectivity index (χ3v) is 5.77. The van der Waals surface area contributed by atoms with E-state index in [1.165, 1.54) is 23.9 Å². The topological polar surface area (TPSA) is 98.2 Å². The van der Waals surface area contributed by atoms with Gasteiger partial charge in [0.1, 0.15) is 16.9 Å². The van der Waals surface area contributed by atoms with Gasteiger partial charge in [0.05, 0.1) is 17.2 Å². The van der Waals surface area contributed by atoms with Gasteiger partial charge < -0.3 is 11.1 Å². The van der Waals surface area contributed by atoms with Crippen molar-refractivity contribution in [1.82, 2.24) is 20.0 Å². The van der Waals surface area contributed by atoms with Crippen LogP contribution in [0.2, 0.25) is 0 Å². The Hall–Kier alpha value is -3.74. The van der Waals surface area contributed by atoms with Gasteiger partial charge in [-0.05, 0) is 36.6 Å². The molecule has 2 heterocycles. The highest BCUT2D eigenvalue weighted by molar-refractivity contribution is 6.10. The fraction of sp³-hybridized carbons (Fsp3) is 0.308. The van der Waals surface area contributed by atoms with Crippen LogP contribution in [0.5, 0.6) is 0 Å². The van der Waals surface area contributed by atoms with Gasteiger partial charge in [0.15, 0.2) is 5.65 Å². The maximum absolute atomic E-state index is 13.1. The lowest BCUT2D eigenvalue weighted by Gasteiger charge is -2.05. The summed E-state index contributed by atoms with van der Waals surface area (Å²) < 4.78 is 1.51. The quantitative estimate of drug-likeness (QED) is 0.280. The summed E-state index contributed by atoms with van der Waals surface area (Å²) in [6, 6.07) is 15.5. The highest BCUT2D eigenvalue weighted by Gasteiger charge is 2.23. The highest BCUT2D eigenvalue weighted by Crippen LogP contribution is 2.28. The molecule has 0 saturated carbocycles. The molecule has 0 spiro atoms. The molecule has 2 aromatic heterocycles. The molecule has 0 radical (unpaired) electrons. The second kappa shape index (κ2) is 10.3. The normalized spacial score (nSPS) is 11.6. The first-order valence-electron chi connectivity index (χ1n) is 11.5. The van der Waals surface area contributed by atoms with E-state index in [0.717, 1.165) is 29.5 Å². The minimum absolute atomic E-state index is 0.230. The van der Waals surface area contributed by atoms with E-state index < -0.39 is 0 Å². The molecule has 4 aromatic rings. The number of rotatable bonds is 9. The fourth-order valence-electron chi connectivity index (χ4n) is 3.86. The summed E-state index contributed by atoms with van der Waals surface area (Å²) in [5.74, 6) is -0.0176. The fourth-order valence-corrected chi connectivity index (χ4v) is 3.86. The van der Waals surface area contributed by atoms with Crippen molar-refractivity contribution in [3.8, 4) is 0 Å². The first kappa shape index (κ1) is 22.5. The molecule has 0 unspecified atom stereocenters. The Morgan fingerprint density at radius 2 is 1.73 bits per heavy atom. The summed E-state index contributed by atoms with van der Waals surface area (Å²) >= 11 is 0. The Morgan fingerprint density at radius 1 is 1.03 bits per heavy atom. The number of hydrogen-bond donors (Lipinski definition) is 2. The average Bonchev–Trinajstić information content (AvgIpc) is 3.09. The molecule has 0 aliphatic rings. The van der Waals surface area contributed by atoms with Crippen molar-refractivity contribution in [2.75, 3.05) is 12.3 Å². The van der Waals surface area contributed by atoms with Crippen LogP contribution in [0, 0.1) is 6.92 Å². The van der Waals surface area contributed by atoms with E-state index in [9.17, 15) is 4.79 Å². The molecule has 0 bridgehead atoms. The molecule has 0 aliphatic heterocycles. The maximum atomic E-state index is 13.1. The highest BCUT2D eigenvalue weighted by atomic mass is 16.1. The van der Waals surface area contributed by atoms with Crippen LogP contribution in [0.25, 0.3) is 22.2 Å². The van der Waals surface area contributed by atoms with Crippen LogP contribution >= 0.6 is 0 Å². The van der Waals surface area contributed by atoms with E-state index in [1.807, 2.05) is 55.5 Å². The summed E-state index contributed by atoms with van der Waals surface area (Å²) in [6.45, 7) is 4.81. The smallest absolute Gasteiger partial charge is 0.257 e. The van der Waals surface area contributed by atoms with Gasteiger partial charge in [0.25, 0.3) is 5.91 Å². The zero-order valence-electron chi connectivity index (χ0n) is 19.2. The van der Waals surface area contributed by atoms with Gasteiger partial charge in [0, 0.05) is 6.54 Å². The molecule has 0 saturated heterocycles. The molecule has 7 nitrogen and oxygen atoms in total. The summed E-state index contributed by atoms with van der Waals surface area (Å²) in [4.78, 5) is 22.6. The molecule has 3 N–H and O–H groups in total. The van der Waals surface area contributed by atoms with Crippen LogP contribution in [0.1, 0.15) is 60.5 Å². The number of nitrogens with two attached hydrogens (primary N) is 1. The Morgan fingerprint density at radius 3 is 2.48 bits per heavy atom. The van der Waals surface area contributed by atoms with E-state index in [1.54, 1.807) is 6.21 Å². The molecule has 1 amide bonds. The number of benzene rings is 2. The van der Waals surface area contributed by atoms with Crippen LogP contribution in [0.3, 0.4) is 0 Å². The van der Waals surface area contributed by atoms with Crippen molar-refractivity contribution in [3.05, 3.63) is 65.2 Å². The molecule has 7 heteroatoms. The Bertz CT molecular complexity index is 1310. The molecule has 0 aliphatic carbocycles. The lowest BCUT2D eigenvalue weighted by Crippen LogP contribution is -2.25. The Kier molecular flexibility index (Phi) is 6.98. The van der Waals surface area contributed by atoms with Gasteiger partial charge in [0.2, 0.25) is 0 Å². The monoisotopic (exact) mass is 442 g/mol. The number of unbranched alkanes of at least 4 members (excludes halogenated alkanes) is 4. The van der Waals surface area contributed by atoms with E-state index in [4.69, 9.17) is 15.7 Å². The number of fused-ring (bicyclic) bond motifs is 2. The van der Waals surface area contributed by atoms with Crippen molar-refractivity contribution in [1.29, 1.82) is 0 Å². The minimum atomic E-state index is -0.248. The number of hydrogen-bond acceptors (Lipinski definition) is 5. The third kappa shape index (κ3) is 4.87. The first-order valence-corrected chi connectivity index (χ1v) is 11.5. The third-order valence-electron chi connectivity index (χ3n) is 5.77. The minimum Gasteiger partial charge on any atom is -0.383 e. The van der Waals surface area contributed by atoms with Gasteiger partial charge in [-0.3, -0.25) is 4.79 Å². The molecule has 33 heavy (non-hydrogen) atoms. The van der Waals surface area contributed by atoms with Crippen molar-refractivity contribution >= 4 is 40.1 Å². The second-order valence-electron chi connectivity index (χ2n) is 8.23. The number of para-hydroxylation sites is 2. The second-order valence-corrected chi connectivity index (χ2v) is 8.23. The number of aryl methyl sites for hydroxylation is 1. The summed E-state index contributed by atoms with van der Waals surface area (Å²) in [7, 11) is 0. The molecule has 0 atom stereocenters. The van der Waals surface area contributed by atoms with Gasteiger partial charge in [-0.1, -0.05) is 69.0 Å². The lowest BCUT2D eigenvalue weighted by atomic mass is 10.1. The average molecular weight is 443 g/mol. The molecule has 0 fully saturated rings. The molecular formula is C26H30N6O. The zero-order chi connectivity index (χ0) is 23.2. The predicted octanol–water partition coefficient (Wildman–Crippen LogP) is 5.06. The van der Waals surface area contributed by atoms with Crippen molar-refractivity contribution in [2.24, 2.45) is 5.10 Å². The van der Waals surface area contributed by atoms with Gasteiger partial charge in [-0.15, -0.1) is 0 Å². The zero-order valence-corrected chi connectivity index (χ0v) is 19.2. The van der Waals surface area contributed by atoms with Crippen LogP contribution in [0.4, 0.5) is 5.82 Å². The number of nitrogen functional groups attached to an aromatic ring is 1. The summed E-state index contributed by atoms with van der Waals surface area (Å²) in [5, 5.41) is 7.59. The predicted molar refractivity (Wildman–Crippen MR) is 135 cm³/mol.